The molecule has 1 fully saturated rings. The van der Waals surface area contributed by atoms with E-state index in [4.69, 9.17) is 9.84 Å². The maximum Gasteiger partial charge on any atom is 0.315 e. The quantitative estimate of drug-likeness (QED) is 0.690. The smallest absolute Gasteiger partial charge is 0.315 e. The molecule has 2 rings (SSSR count). The Kier molecular flexibility index (Phi) is 6.07. The van der Waals surface area contributed by atoms with E-state index >= 15 is 0 Å². The van der Waals surface area contributed by atoms with Crippen LogP contribution < -0.4 is 15.4 Å². The maximum absolute atomic E-state index is 11.9. The number of benzene rings is 1. The van der Waals surface area contributed by atoms with Crippen molar-refractivity contribution in [1.82, 2.24) is 10.6 Å². The van der Waals surface area contributed by atoms with Crippen LogP contribution in [0.15, 0.2) is 24.3 Å². The third-order valence-corrected chi connectivity index (χ3v) is 4.08. The molecule has 0 radical (unpaired) electrons. The first-order valence-electron chi connectivity index (χ1n) is 7.96. The first-order valence-corrected chi connectivity index (χ1v) is 7.96. The summed E-state index contributed by atoms with van der Waals surface area (Å²) in [6, 6.07) is 7.47. The zero-order valence-corrected chi connectivity index (χ0v) is 13.3. The molecule has 5 nitrogen and oxygen atoms in total. The Balaban J connectivity index is 1.81. The Morgan fingerprint density at radius 2 is 2.09 bits per heavy atom. The molecule has 3 N–H and O–H groups in total. The van der Waals surface area contributed by atoms with E-state index in [2.05, 4.69) is 10.6 Å². The number of rotatable bonds is 8. The van der Waals surface area contributed by atoms with Crippen LogP contribution in [0.1, 0.15) is 32.3 Å². The largest absolute Gasteiger partial charge is 0.493 e. The minimum Gasteiger partial charge on any atom is -0.493 e. The number of para-hydroxylation sites is 1. The lowest BCUT2D eigenvalue weighted by molar-refractivity contribution is 0.200. The Bertz CT molecular complexity index is 489. The van der Waals surface area contributed by atoms with Crippen LogP contribution in [0.5, 0.6) is 5.75 Å². The van der Waals surface area contributed by atoms with Crippen molar-refractivity contribution in [3.8, 4) is 5.75 Å². The summed E-state index contributed by atoms with van der Waals surface area (Å²) in [6.07, 6.45) is 2.51. The molecule has 1 aromatic carbocycles. The van der Waals surface area contributed by atoms with Crippen LogP contribution in [-0.4, -0.2) is 30.4 Å². The molecule has 0 bridgehead atoms. The fourth-order valence-corrected chi connectivity index (χ4v) is 2.02. The number of hydrogen-bond acceptors (Lipinski definition) is 3. The second kappa shape index (κ2) is 8.03. The van der Waals surface area contributed by atoms with Crippen molar-refractivity contribution in [3.05, 3.63) is 29.8 Å². The number of aliphatic hydroxyl groups excluding tert-OH is 1. The molecule has 2 unspecified atom stereocenters. The number of ether oxygens (including phenoxy) is 1. The van der Waals surface area contributed by atoms with E-state index in [0.717, 1.165) is 17.9 Å². The van der Waals surface area contributed by atoms with Gasteiger partial charge in [-0.1, -0.05) is 25.1 Å². The summed E-state index contributed by atoms with van der Waals surface area (Å²) in [5.41, 5.74) is 0.973. The van der Waals surface area contributed by atoms with Crippen LogP contribution in [0.4, 0.5) is 4.79 Å². The second-order valence-electron chi connectivity index (χ2n) is 6.14. The van der Waals surface area contributed by atoms with E-state index in [1.165, 1.54) is 12.8 Å². The lowest BCUT2D eigenvalue weighted by atomic mass is 10.1. The SMILES string of the molecule is CC(CO)C(C)NC(=O)NCc1ccccc1OCC1CC1. The summed E-state index contributed by atoms with van der Waals surface area (Å²) in [4.78, 5) is 11.9. The van der Waals surface area contributed by atoms with Gasteiger partial charge < -0.3 is 20.5 Å². The summed E-state index contributed by atoms with van der Waals surface area (Å²) in [6.45, 7) is 5.01. The van der Waals surface area contributed by atoms with Crippen molar-refractivity contribution in [2.75, 3.05) is 13.2 Å². The topological polar surface area (TPSA) is 70.6 Å². The number of aliphatic hydroxyl groups is 1. The Morgan fingerprint density at radius 3 is 2.77 bits per heavy atom. The minimum absolute atomic E-state index is 0.0277. The summed E-state index contributed by atoms with van der Waals surface area (Å²) in [5.74, 6) is 1.57. The molecule has 0 aromatic heterocycles. The highest BCUT2D eigenvalue weighted by Gasteiger charge is 2.22. The lowest BCUT2D eigenvalue weighted by Crippen LogP contribution is -2.44. The van der Waals surface area contributed by atoms with Gasteiger partial charge >= 0.3 is 6.03 Å². The molecule has 0 aliphatic heterocycles. The Morgan fingerprint density at radius 1 is 1.36 bits per heavy atom. The molecule has 22 heavy (non-hydrogen) atoms. The molecule has 0 heterocycles. The molecule has 2 atom stereocenters. The van der Waals surface area contributed by atoms with Crippen molar-refractivity contribution in [2.45, 2.75) is 39.3 Å². The standard InChI is InChI=1S/C17H26N2O3/c1-12(10-20)13(2)19-17(21)18-9-15-5-3-4-6-16(15)22-11-14-7-8-14/h3-6,12-14,20H,7-11H2,1-2H3,(H2,18,19,21). The zero-order valence-electron chi connectivity index (χ0n) is 13.3. The zero-order chi connectivity index (χ0) is 15.9. The molecule has 5 heteroatoms. The molecule has 1 saturated carbocycles. The van der Waals surface area contributed by atoms with Gasteiger partial charge in [0.2, 0.25) is 0 Å². The van der Waals surface area contributed by atoms with Gasteiger partial charge in [0, 0.05) is 24.8 Å². The number of nitrogens with one attached hydrogen (secondary N) is 2. The summed E-state index contributed by atoms with van der Waals surface area (Å²) < 4.78 is 5.83. The predicted molar refractivity (Wildman–Crippen MR) is 85.7 cm³/mol. The highest BCUT2D eigenvalue weighted by Crippen LogP contribution is 2.30. The summed E-state index contributed by atoms with van der Waals surface area (Å²) in [5, 5.41) is 14.8. The van der Waals surface area contributed by atoms with Crippen LogP contribution in [-0.2, 0) is 6.54 Å². The molecular weight excluding hydrogens is 280 g/mol. The van der Waals surface area contributed by atoms with Gasteiger partial charge in [-0.3, -0.25) is 0 Å². The lowest BCUT2D eigenvalue weighted by Gasteiger charge is -2.20. The van der Waals surface area contributed by atoms with E-state index in [-0.39, 0.29) is 24.6 Å². The van der Waals surface area contributed by atoms with Gasteiger partial charge in [0.05, 0.1) is 6.61 Å². The average molecular weight is 306 g/mol. The molecule has 1 aliphatic rings. The molecule has 1 aromatic rings. The van der Waals surface area contributed by atoms with Gasteiger partial charge in [0.25, 0.3) is 0 Å². The maximum atomic E-state index is 11.9. The van der Waals surface area contributed by atoms with E-state index in [1.54, 1.807) is 0 Å². The van der Waals surface area contributed by atoms with E-state index < -0.39 is 0 Å². The molecule has 0 saturated heterocycles. The molecule has 0 spiro atoms. The van der Waals surface area contributed by atoms with Gasteiger partial charge in [-0.2, -0.15) is 0 Å². The molecular formula is C17H26N2O3. The van der Waals surface area contributed by atoms with E-state index in [1.807, 2.05) is 38.1 Å². The molecule has 1 aliphatic carbocycles. The van der Waals surface area contributed by atoms with Crippen molar-refractivity contribution >= 4 is 6.03 Å². The minimum atomic E-state index is -0.232. The summed E-state index contributed by atoms with van der Waals surface area (Å²) >= 11 is 0. The van der Waals surface area contributed by atoms with Gasteiger partial charge in [-0.05, 0) is 37.7 Å². The third kappa shape index (κ3) is 5.22. The highest BCUT2D eigenvalue weighted by atomic mass is 16.5. The Labute approximate surface area is 132 Å². The number of carbonyl (C=O) groups excluding carboxylic acids is 1. The van der Waals surface area contributed by atoms with Gasteiger partial charge in [0.15, 0.2) is 0 Å². The Hall–Kier alpha value is -1.75. The molecule has 122 valence electrons. The first kappa shape index (κ1) is 16.6. The van der Waals surface area contributed by atoms with Gasteiger partial charge in [-0.15, -0.1) is 0 Å². The van der Waals surface area contributed by atoms with Crippen molar-refractivity contribution in [1.29, 1.82) is 0 Å². The first-order chi connectivity index (χ1) is 10.6. The van der Waals surface area contributed by atoms with Gasteiger partial charge in [0.1, 0.15) is 5.75 Å². The number of urea groups is 1. The molecule has 2 amide bonds. The van der Waals surface area contributed by atoms with E-state index in [0.29, 0.717) is 12.5 Å². The van der Waals surface area contributed by atoms with Crippen LogP contribution in [0, 0.1) is 11.8 Å². The monoisotopic (exact) mass is 306 g/mol. The van der Waals surface area contributed by atoms with Crippen molar-refractivity contribution < 1.29 is 14.6 Å². The highest BCUT2D eigenvalue weighted by molar-refractivity contribution is 5.74. The van der Waals surface area contributed by atoms with Crippen molar-refractivity contribution in [3.63, 3.8) is 0 Å². The summed E-state index contributed by atoms with van der Waals surface area (Å²) in [7, 11) is 0. The van der Waals surface area contributed by atoms with Gasteiger partial charge in [-0.25, -0.2) is 4.79 Å². The fourth-order valence-electron chi connectivity index (χ4n) is 2.02. The van der Waals surface area contributed by atoms with E-state index in [9.17, 15) is 4.79 Å². The van der Waals surface area contributed by atoms with Crippen molar-refractivity contribution in [2.24, 2.45) is 11.8 Å². The number of hydrogen-bond donors (Lipinski definition) is 3. The number of carbonyl (C=O) groups is 1. The normalized spacial score (nSPS) is 16.7. The second-order valence-corrected chi connectivity index (χ2v) is 6.14. The average Bonchev–Trinajstić information content (AvgIpc) is 3.35. The van der Waals surface area contributed by atoms with Crippen LogP contribution in [0.2, 0.25) is 0 Å². The van der Waals surface area contributed by atoms with Crippen LogP contribution in [0.25, 0.3) is 0 Å². The van der Waals surface area contributed by atoms with Crippen LogP contribution >= 0.6 is 0 Å². The third-order valence-electron chi connectivity index (χ3n) is 4.08. The number of amides is 2. The van der Waals surface area contributed by atoms with Crippen LogP contribution in [0.3, 0.4) is 0 Å². The predicted octanol–water partition coefficient (Wildman–Crippen LogP) is 2.29. The fraction of sp³-hybridized carbons (Fsp3) is 0.588.